The minimum Gasteiger partial charge on any atom is -0.505 e. The molecule has 0 fully saturated rings. The largest absolute Gasteiger partial charge is 0.505 e. The van der Waals surface area contributed by atoms with Crippen molar-refractivity contribution < 1.29 is 14.0 Å². The smallest absolute Gasteiger partial charge is 0.258 e. The number of benzene rings is 1. The first-order valence-corrected chi connectivity index (χ1v) is 5.47. The van der Waals surface area contributed by atoms with Crippen LogP contribution in [0.3, 0.4) is 0 Å². The van der Waals surface area contributed by atoms with Crippen molar-refractivity contribution in [2.45, 2.75) is 0 Å². The Morgan fingerprint density at radius 3 is 2.79 bits per heavy atom. The molecule has 0 saturated heterocycles. The Hall–Kier alpha value is -2.76. The Kier molecular flexibility index (Phi) is 2.68. The van der Waals surface area contributed by atoms with E-state index in [1.807, 2.05) is 0 Å². The number of aromatic nitrogens is 3. The zero-order valence-corrected chi connectivity index (χ0v) is 9.62. The minimum atomic E-state index is -0.737. The summed E-state index contributed by atoms with van der Waals surface area (Å²) in [4.78, 5) is 8.11. The van der Waals surface area contributed by atoms with E-state index in [2.05, 4.69) is 15.1 Å². The lowest BCUT2D eigenvalue weighted by atomic mass is 10.2. The SMILES string of the molecule is Oc1ccc(-c2nc(-c3cccnc3)no2)cc1F. The third kappa shape index (κ3) is 2.15. The first kappa shape index (κ1) is 11.3. The van der Waals surface area contributed by atoms with Crippen LogP contribution in [-0.4, -0.2) is 20.2 Å². The molecule has 0 spiro atoms. The Labute approximate surface area is 107 Å². The summed E-state index contributed by atoms with van der Waals surface area (Å²) in [5.41, 5.74) is 1.11. The van der Waals surface area contributed by atoms with Crippen molar-refractivity contribution in [3.8, 4) is 28.6 Å². The van der Waals surface area contributed by atoms with E-state index < -0.39 is 11.6 Å². The van der Waals surface area contributed by atoms with E-state index in [9.17, 15) is 4.39 Å². The number of phenolic OH excluding ortho intramolecular Hbond substituents is 1. The fourth-order valence-electron chi connectivity index (χ4n) is 1.59. The maximum Gasteiger partial charge on any atom is 0.258 e. The molecule has 2 heterocycles. The van der Waals surface area contributed by atoms with E-state index in [1.165, 1.54) is 12.1 Å². The van der Waals surface area contributed by atoms with Crippen LogP contribution in [0, 0.1) is 5.82 Å². The molecule has 2 aromatic heterocycles. The maximum atomic E-state index is 13.2. The molecule has 0 unspecified atom stereocenters. The van der Waals surface area contributed by atoms with Gasteiger partial charge in [0.2, 0.25) is 5.82 Å². The van der Waals surface area contributed by atoms with Gasteiger partial charge in [0.1, 0.15) is 0 Å². The Balaban J connectivity index is 1.99. The summed E-state index contributed by atoms with van der Waals surface area (Å²) in [7, 11) is 0. The summed E-state index contributed by atoms with van der Waals surface area (Å²) in [6, 6.07) is 7.41. The van der Waals surface area contributed by atoms with Crippen LogP contribution in [0.5, 0.6) is 5.75 Å². The molecule has 0 amide bonds. The molecule has 1 aromatic carbocycles. The van der Waals surface area contributed by atoms with Crippen molar-refractivity contribution >= 4 is 0 Å². The monoisotopic (exact) mass is 257 g/mol. The average molecular weight is 257 g/mol. The molecule has 0 aliphatic heterocycles. The molecule has 0 bridgehead atoms. The second-order valence-electron chi connectivity index (χ2n) is 3.83. The molecule has 3 rings (SSSR count). The van der Waals surface area contributed by atoms with E-state index in [0.29, 0.717) is 17.0 Å². The van der Waals surface area contributed by atoms with Gasteiger partial charge in [-0.05, 0) is 30.3 Å². The number of hydrogen-bond donors (Lipinski definition) is 1. The molecule has 0 radical (unpaired) electrons. The maximum absolute atomic E-state index is 13.2. The second kappa shape index (κ2) is 4.49. The van der Waals surface area contributed by atoms with E-state index in [0.717, 1.165) is 6.07 Å². The number of phenols is 1. The van der Waals surface area contributed by atoms with Crippen molar-refractivity contribution in [3.63, 3.8) is 0 Å². The summed E-state index contributed by atoms with van der Waals surface area (Å²) in [5.74, 6) is -0.608. The second-order valence-corrected chi connectivity index (χ2v) is 3.83. The van der Waals surface area contributed by atoms with E-state index in [-0.39, 0.29) is 5.89 Å². The molecule has 3 aromatic rings. The van der Waals surface area contributed by atoms with Gasteiger partial charge in [-0.15, -0.1) is 0 Å². The van der Waals surface area contributed by atoms with Gasteiger partial charge in [0.25, 0.3) is 5.89 Å². The molecule has 0 atom stereocenters. The first-order valence-electron chi connectivity index (χ1n) is 5.47. The normalized spacial score (nSPS) is 10.6. The third-order valence-corrected chi connectivity index (χ3v) is 2.54. The lowest BCUT2D eigenvalue weighted by Gasteiger charge is -1.96. The Bertz CT molecular complexity index is 713. The fraction of sp³-hybridized carbons (Fsp3) is 0. The zero-order valence-electron chi connectivity index (χ0n) is 9.62. The van der Waals surface area contributed by atoms with Crippen LogP contribution in [0.2, 0.25) is 0 Å². The van der Waals surface area contributed by atoms with E-state index in [4.69, 9.17) is 9.63 Å². The van der Waals surface area contributed by atoms with Crippen LogP contribution in [0.15, 0.2) is 47.2 Å². The number of nitrogens with zero attached hydrogens (tertiary/aromatic N) is 3. The minimum absolute atomic E-state index is 0.178. The molecule has 19 heavy (non-hydrogen) atoms. The van der Waals surface area contributed by atoms with Crippen molar-refractivity contribution in [1.29, 1.82) is 0 Å². The predicted octanol–water partition coefficient (Wildman–Crippen LogP) is 2.64. The van der Waals surface area contributed by atoms with Gasteiger partial charge >= 0.3 is 0 Å². The van der Waals surface area contributed by atoms with Crippen molar-refractivity contribution in [2.24, 2.45) is 0 Å². The number of hydrogen-bond acceptors (Lipinski definition) is 5. The van der Waals surface area contributed by atoms with Crippen LogP contribution < -0.4 is 0 Å². The van der Waals surface area contributed by atoms with Crippen LogP contribution in [-0.2, 0) is 0 Å². The predicted molar refractivity (Wildman–Crippen MR) is 64.6 cm³/mol. The lowest BCUT2D eigenvalue weighted by Crippen LogP contribution is -1.83. The molecule has 0 saturated carbocycles. The summed E-state index contributed by atoms with van der Waals surface area (Å²) < 4.78 is 18.3. The summed E-state index contributed by atoms with van der Waals surface area (Å²) in [6.45, 7) is 0. The number of halogens is 1. The van der Waals surface area contributed by atoms with Gasteiger partial charge in [0.15, 0.2) is 11.6 Å². The number of pyridine rings is 1. The molecular formula is C13H8FN3O2. The summed E-state index contributed by atoms with van der Waals surface area (Å²) in [5, 5.41) is 12.9. The molecule has 6 heteroatoms. The Morgan fingerprint density at radius 2 is 2.05 bits per heavy atom. The quantitative estimate of drug-likeness (QED) is 0.764. The van der Waals surface area contributed by atoms with E-state index >= 15 is 0 Å². The van der Waals surface area contributed by atoms with Gasteiger partial charge in [-0.25, -0.2) is 4.39 Å². The van der Waals surface area contributed by atoms with Gasteiger partial charge in [0.05, 0.1) is 0 Å². The van der Waals surface area contributed by atoms with Gasteiger partial charge < -0.3 is 9.63 Å². The zero-order chi connectivity index (χ0) is 13.2. The van der Waals surface area contributed by atoms with Crippen LogP contribution in [0.25, 0.3) is 22.8 Å². The topological polar surface area (TPSA) is 72.0 Å². The average Bonchev–Trinajstić information content (AvgIpc) is 2.93. The molecular weight excluding hydrogens is 249 g/mol. The van der Waals surface area contributed by atoms with E-state index in [1.54, 1.807) is 24.5 Å². The molecule has 0 aliphatic carbocycles. The highest BCUT2D eigenvalue weighted by Crippen LogP contribution is 2.25. The first-order chi connectivity index (χ1) is 9.24. The fourth-order valence-corrected chi connectivity index (χ4v) is 1.59. The number of aromatic hydroxyl groups is 1. The molecule has 0 aliphatic rings. The molecule has 94 valence electrons. The van der Waals surface area contributed by atoms with Gasteiger partial charge in [-0.3, -0.25) is 4.98 Å². The highest BCUT2D eigenvalue weighted by Gasteiger charge is 2.12. The lowest BCUT2D eigenvalue weighted by molar-refractivity contribution is 0.426. The van der Waals surface area contributed by atoms with Crippen LogP contribution >= 0.6 is 0 Å². The Morgan fingerprint density at radius 1 is 1.16 bits per heavy atom. The van der Waals surface area contributed by atoms with Crippen molar-refractivity contribution in [2.75, 3.05) is 0 Å². The highest BCUT2D eigenvalue weighted by atomic mass is 19.1. The molecule has 1 N–H and O–H groups in total. The van der Waals surface area contributed by atoms with Crippen molar-refractivity contribution in [3.05, 3.63) is 48.5 Å². The summed E-state index contributed by atoms with van der Waals surface area (Å²) >= 11 is 0. The molecule has 5 nitrogen and oxygen atoms in total. The van der Waals surface area contributed by atoms with Gasteiger partial charge in [-0.1, -0.05) is 5.16 Å². The van der Waals surface area contributed by atoms with Crippen molar-refractivity contribution in [1.82, 2.24) is 15.1 Å². The standard InChI is InChI=1S/C13H8FN3O2/c14-10-6-8(3-4-11(10)18)13-16-12(17-19-13)9-2-1-5-15-7-9/h1-7,18H. The highest BCUT2D eigenvalue weighted by molar-refractivity contribution is 5.59. The van der Waals surface area contributed by atoms with Gasteiger partial charge in [0, 0.05) is 23.5 Å². The summed E-state index contributed by atoms with van der Waals surface area (Å²) in [6.07, 6.45) is 3.24. The van der Waals surface area contributed by atoms with Gasteiger partial charge in [-0.2, -0.15) is 4.98 Å². The third-order valence-electron chi connectivity index (χ3n) is 2.54. The number of rotatable bonds is 2. The van der Waals surface area contributed by atoms with Crippen LogP contribution in [0.1, 0.15) is 0 Å². The van der Waals surface area contributed by atoms with Crippen LogP contribution in [0.4, 0.5) is 4.39 Å².